The maximum absolute atomic E-state index is 4.39. The summed E-state index contributed by atoms with van der Waals surface area (Å²) in [6.07, 6.45) is 5.28. The van der Waals surface area contributed by atoms with Crippen LogP contribution in [0.1, 0.15) is 19.3 Å². The fourth-order valence-electron chi connectivity index (χ4n) is 1.55. The van der Waals surface area contributed by atoms with Gasteiger partial charge in [0.2, 0.25) is 0 Å². The summed E-state index contributed by atoms with van der Waals surface area (Å²) in [6, 6.07) is 7.95. The standard InChI is InChI=1S/C12H15N3/c1-2-3-4-7-10-15-13-11-8-5-6-9-12(11)14-15/h2,5-6,8-9H,1,3-4,7,10H2. The maximum Gasteiger partial charge on any atom is 0.113 e. The van der Waals surface area contributed by atoms with Gasteiger partial charge in [0.05, 0.1) is 6.54 Å². The molecule has 3 nitrogen and oxygen atoms in total. The molecule has 0 aliphatic heterocycles. The first kappa shape index (κ1) is 9.90. The third kappa shape index (κ3) is 2.43. The molecule has 2 rings (SSSR count). The summed E-state index contributed by atoms with van der Waals surface area (Å²) >= 11 is 0. The van der Waals surface area contributed by atoms with Gasteiger partial charge in [0.15, 0.2) is 0 Å². The SMILES string of the molecule is C=CCCCCn1nc2ccccc2n1. The molecule has 0 atom stereocenters. The Bertz CT molecular complexity index is 412. The minimum absolute atomic E-state index is 0.891. The van der Waals surface area contributed by atoms with E-state index in [1.807, 2.05) is 30.3 Å². The highest BCUT2D eigenvalue weighted by Crippen LogP contribution is 2.07. The minimum atomic E-state index is 0.891. The number of unbranched alkanes of at least 4 members (excludes halogenated alkanes) is 2. The van der Waals surface area contributed by atoms with Crippen molar-refractivity contribution in [2.24, 2.45) is 0 Å². The van der Waals surface area contributed by atoms with E-state index in [1.54, 1.807) is 4.80 Å². The molecule has 1 aromatic heterocycles. The average Bonchev–Trinajstić information content (AvgIpc) is 2.67. The molecular formula is C12H15N3. The van der Waals surface area contributed by atoms with Gasteiger partial charge in [-0.2, -0.15) is 15.0 Å². The number of rotatable bonds is 5. The van der Waals surface area contributed by atoms with E-state index < -0.39 is 0 Å². The van der Waals surface area contributed by atoms with Gasteiger partial charge in [0, 0.05) is 0 Å². The normalized spacial score (nSPS) is 10.7. The van der Waals surface area contributed by atoms with E-state index in [2.05, 4.69) is 16.8 Å². The molecule has 0 saturated heterocycles. The largest absolute Gasteiger partial charge is 0.184 e. The van der Waals surface area contributed by atoms with Crippen LogP contribution in [-0.2, 0) is 6.54 Å². The lowest BCUT2D eigenvalue weighted by atomic mass is 10.2. The van der Waals surface area contributed by atoms with Crippen molar-refractivity contribution in [1.29, 1.82) is 0 Å². The Morgan fingerprint density at radius 1 is 1.13 bits per heavy atom. The van der Waals surface area contributed by atoms with Gasteiger partial charge < -0.3 is 0 Å². The van der Waals surface area contributed by atoms with Crippen LogP contribution in [0.5, 0.6) is 0 Å². The highest BCUT2D eigenvalue weighted by molar-refractivity contribution is 5.72. The molecule has 0 unspecified atom stereocenters. The first-order chi connectivity index (χ1) is 7.40. The number of benzene rings is 1. The second-order valence-corrected chi connectivity index (χ2v) is 3.57. The van der Waals surface area contributed by atoms with Crippen molar-refractivity contribution in [3.8, 4) is 0 Å². The summed E-state index contributed by atoms with van der Waals surface area (Å²) in [5.41, 5.74) is 1.95. The summed E-state index contributed by atoms with van der Waals surface area (Å²) < 4.78 is 0. The third-order valence-electron chi connectivity index (χ3n) is 2.34. The van der Waals surface area contributed by atoms with E-state index >= 15 is 0 Å². The second kappa shape index (κ2) is 4.73. The summed E-state index contributed by atoms with van der Waals surface area (Å²) in [6.45, 7) is 4.59. The topological polar surface area (TPSA) is 30.7 Å². The maximum atomic E-state index is 4.39. The van der Waals surface area contributed by atoms with E-state index in [0.717, 1.165) is 36.8 Å². The first-order valence-corrected chi connectivity index (χ1v) is 5.31. The van der Waals surface area contributed by atoms with E-state index in [-0.39, 0.29) is 0 Å². The molecule has 0 aliphatic carbocycles. The van der Waals surface area contributed by atoms with Crippen LogP contribution in [0.25, 0.3) is 11.0 Å². The van der Waals surface area contributed by atoms with Gasteiger partial charge in [-0.05, 0) is 31.4 Å². The summed E-state index contributed by atoms with van der Waals surface area (Å²) in [5.74, 6) is 0. The van der Waals surface area contributed by atoms with Crippen LogP contribution in [0.2, 0.25) is 0 Å². The summed E-state index contributed by atoms with van der Waals surface area (Å²) in [5, 5.41) is 8.78. The van der Waals surface area contributed by atoms with E-state index in [1.165, 1.54) is 0 Å². The molecule has 15 heavy (non-hydrogen) atoms. The fraction of sp³-hybridized carbons (Fsp3) is 0.333. The quantitative estimate of drug-likeness (QED) is 0.550. The molecule has 2 aromatic rings. The van der Waals surface area contributed by atoms with E-state index in [9.17, 15) is 0 Å². The average molecular weight is 201 g/mol. The van der Waals surface area contributed by atoms with Crippen molar-refractivity contribution in [2.75, 3.05) is 0 Å². The lowest BCUT2D eigenvalue weighted by Crippen LogP contribution is -2.01. The third-order valence-corrected chi connectivity index (χ3v) is 2.34. The fourth-order valence-corrected chi connectivity index (χ4v) is 1.55. The minimum Gasteiger partial charge on any atom is -0.184 e. The Hall–Kier alpha value is -1.64. The zero-order chi connectivity index (χ0) is 10.5. The van der Waals surface area contributed by atoms with Crippen LogP contribution >= 0.6 is 0 Å². The molecule has 0 fully saturated rings. The smallest absolute Gasteiger partial charge is 0.113 e. The molecule has 0 aliphatic rings. The molecule has 3 heteroatoms. The molecule has 0 amide bonds. The van der Waals surface area contributed by atoms with Gasteiger partial charge in [-0.15, -0.1) is 6.58 Å². The van der Waals surface area contributed by atoms with Crippen LogP contribution in [0, 0.1) is 0 Å². The second-order valence-electron chi connectivity index (χ2n) is 3.57. The summed E-state index contributed by atoms with van der Waals surface area (Å²) in [7, 11) is 0. The number of aryl methyl sites for hydroxylation is 1. The zero-order valence-electron chi connectivity index (χ0n) is 8.76. The molecule has 78 valence electrons. The van der Waals surface area contributed by atoms with Crippen LogP contribution in [0.15, 0.2) is 36.9 Å². The summed E-state index contributed by atoms with van der Waals surface area (Å²) in [4.78, 5) is 1.79. The Morgan fingerprint density at radius 3 is 2.40 bits per heavy atom. The molecular weight excluding hydrogens is 186 g/mol. The molecule has 0 bridgehead atoms. The highest BCUT2D eigenvalue weighted by atomic mass is 15.5. The lowest BCUT2D eigenvalue weighted by Gasteiger charge is -1.96. The predicted octanol–water partition coefficient (Wildman–Crippen LogP) is 2.79. The van der Waals surface area contributed by atoms with Gasteiger partial charge in [-0.3, -0.25) is 0 Å². The Morgan fingerprint density at radius 2 is 1.80 bits per heavy atom. The van der Waals surface area contributed by atoms with E-state index in [4.69, 9.17) is 0 Å². The van der Waals surface area contributed by atoms with Crippen LogP contribution in [0.3, 0.4) is 0 Å². The number of hydrogen-bond donors (Lipinski definition) is 0. The molecule has 0 radical (unpaired) electrons. The number of nitrogens with zero attached hydrogens (tertiary/aromatic N) is 3. The lowest BCUT2D eigenvalue weighted by molar-refractivity contribution is 0.507. The Balaban J connectivity index is 1.99. The van der Waals surface area contributed by atoms with Gasteiger partial charge in [-0.1, -0.05) is 18.2 Å². The molecule has 0 N–H and O–H groups in total. The molecule has 1 aromatic carbocycles. The molecule has 0 spiro atoms. The van der Waals surface area contributed by atoms with Crippen molar-refractivity contribution in [2.45, 2.75) is 25.8 Å². The van der Waals surface area contributed by atoms with E-state index in [0.29, 0.717) is 0 Å². The van der Waals surface area contributed by atoms with Gasteiger partial charge in [-0.25, -0.2) is 0 Å². The van der Waals surface area contributed by atoms with Crippen molar-refractivity contribution in [3.63, 3.8) is 0 Å². The number of aromatic nitrogens is 3. The van der Waals surface area contributed by atoms with Gasteiger partial charge >= 0.3 is 0 Å². The highest BCUT2D eigenvalue weighted by Gasteiger charge is 1.99. The molecule has 0 saturated carbocycles. The number of fused-ring (bicyclic) bond motifs is 1. The van der Waals surface area contributed by atoms with Crippen LogP contribution < -0.4 is 0 Å². The molecule has 1 heterocycles. The van der Waals surface area contributed by atoms with Crippen LogP contribution in [0.4, 0.5) is 0 Å². The number of hydrogen-bond acceptors (Lipinski definition) is 2. The predicted molar refractivity (Wildman–Crippen MR) is 61.6 cm³/mol. The first-order valence-electron chi connectivity index (χ1n) is 5.31. The van der Waals surface area contributed by atoms with Gasteiger partial charge in [0.25, 0.3) is 0 Å². The van der Waals surface area contributed by atoms with Gasteiger partial charge in [0.1, 0.15) is 11.0 Å². The van der Waals surface area contributed by atoms with Crippen molar-refractivity contribution in [1.82, 2.24) is 15.0 Å². The zero-order valence-corrected chi connectivity index (χ0v) is 8.76. The van der Waals surface area contributed by atoms with Crippen molar-refractivity contribution < 1.29 is 0 Å². The Kier molecular flexibility index (Phi) is 3.12. The van der Waals surface area contributed by atoms with Crippen molar-refractivity contribution >= 4 is 11.0 Å². The van der Waals surface area contributed by atoms with Crippen LogP contribution in [-0.4, -0.2) is 15.0 Å². The Labute approximate surface area is 89.4 Å². The number of allylic oxidation sites excluding steroid dienone is 1. The monoisotopic (exact) mass is 201 g/mol. The van der Waals surface area contributed by atoms with Crippen molar-refractivity contribution in [3.05, 3.63) is 36.9 Å².